The van der Waals surface area contributed by atoms with E-state index in [0.717, 1.165) is 83.0 Å². The number of para-hydroxylation sites is 2. The average molecular weight is 594 g/mol. The number of hydrogen-bond acceptors (Lipinski definition) is 4. The zero-order valence-corrected chi connectivity index (χ0v) is 25.1. The third-order valence-corrected chi connectivity index (χ3v) is 8.74. The molecule has 46 heavy (non-hydrogen) atoms. The summed E-state index contributed by atoms with van der Waals surface area (Å²) in [5.74, 6) is 0.629. The smallest absolute Gasteiger partial charge is 0.231 e. The molecule has 218 valence electrons. The number of hydrogen-bond donors (Lipinski definition) is 0. The Balaban J connectivity index is 1.27. The Morgan fingerprint density at radius 3 is 2.13 bits per heavy atom. The Labute approximate surface area is 264 Å². The summed E-state index contributed by atoms with van der Waals surface area (Å²) in [5, 5.41) is 5.20. The van der Waals surface area contributed by atoms with Gasteiger partial charge in [-0.25, -0.2) is 4.98 Å². The molecule has 5 heteroatoms. The lowest BCUT2D eigenvalue weighted by atomic mass is 10.0. The second-order valence-electron chi connectivity index (χ2n) is 11.4. The molecule has 0 saturated carbocycles. The first-order valence-corrected chi connectivity index (χ1v) is 15.3. The number of allylic oxidation sites excluding steroid dienone is 1. The molecule has 0 aliphatic heterocycles. The number of benzene rings is 5. The van der Waals surface area contributed by atoms with E-state index >= 15 is 0 Å². The summed E-state index contributed by atoms with van der Waals surface area (Å²) in [6.07, 6.45) is 6.14. The minimum Gasteiger partial charge on any atom is -0.456 e. The second kappa shape index (κ2) is 10.2. The summed E-state index contributed by atoms with van der Waals surface area (Å²) in [6.45, 7) is 6.26. The van der Waals surface area contributed by atoms with Crippen molar-refractivity contribution >= 4 is 67.1 Å². The van der Waals surface area contributed by atoms with Crippen LogP contribution in [0.5, 0.6) is 0 Å². The van der Waals surface area contributed by atoms with Gasteiger partial charge in [-0.15, -0.1) is 0 Å². The molecule has 0 aliphatic carbocycles. The molecule has 0 unspecified atom stereocenters. The normalized spacial score (nSPS) is 12.0. The fourth-order valence-electron chi connectivity index (χ4n) is 6.69. The summed E-state index contributed by atoms with van der Waals surface area (Å²) in [5.41, 5.74) is 10.1. The molecule has 9 rings (SSSR count). The second-order valence-corrected chi connectivity index (χ2v) is 11.4. The van der Waals surface area contributed by atoms with Crippen molar-refractivity contribution in [1.82, 2.24) is 14.5 Å². The Bertz CT molecular complexity index is 2650. The van der Waals surface area contributed by atoms with Crippen molar-refractivity contribution in [3.63, 3.8) is 0 Å². The van der Waals surface area contributed by atoms with Crippen molar-refractivity contribution in [2.24, 2.45) is 0 Å². The summed E-state index contributed by atoms with van der Waals surface area (Å²) >= 11 is 0. The van der Waals surface area contributed by atoms with Gasteiger partial charge in [-0.05, 0) is 49.4 Å². The minimum atomic E-state index is 0.576. The summed E-state index contributed by atoms with van der Waals surface area (Å²) < 4.78 is 14.8. The molecule has 0 N–H and O–H groups in total. The maximum atomic E-state index is 6.27. The van der Waals surface area contributed by atoms with Crippen LogP contribution >= 0.6 is 0 Å². The van der Waals surface area contributed by atoms with E-state index in [0.29, 0.717) is 11.5 Å². The van der Waals surface area contributed by atoms with E-state index in [1.807, 2.05) is 73.7 Å². The molecule has 4 aromatic heterocycles. The lowest BCUT2D eigenvalue weighted by Gasteiger charge is -2.11. The van der Waals surface area contributed by atoms with Crippen molar-refractivity contribution in [1.29, 1.82) is 0 Å². The molecule has 0 fully saturated rings. The zero-order valence-electron chi connectivity index (χ0n) is 25.1. The fraction of sp³-hybridized carbons (Fsp3) is 0.0244. The third kappa shape index (κ3) is 3.88. The quantitative estimate of drug-likeness (QED) is 0.199. The highest BCUT2D eigenvalue weighted by molar-refractivity contribution is 6.12. The highest BCUT2D eigenvalue weighted by atomic mass is 16.3. The first-order chi connectivity index (χ1) is 22.7. The highest BCUT2D eigenvalue weighted by Crippen LogP contribution is 2.40. The van der Waals surface area contributed by atoms with Crippen molar-refractivity contribution in [3.8, 4) is 28.3 Å². The van der Waals surface area contributed by atoms with E-state index in [-0.39, 0.29) is 0 Å². The molecule has 0 aliphatic rings. The van der Waals surface area contributed by atoms with E-state index in [1.165, 1.54) is 0 Å². The standard InChI is InChI=1S/C41H27N3O2/c1-3-12-28-31-24-37-32(29-15-8-10-17-35(29)45-37)23-34(31)44(33(28)4-2)27-21-19-25(20-22-27)39-38-30-16-9-11-18-36(30)46-41(38)43-40(42-39)26-13-6-5-7-14-26/h3-24H,2H2,1H3/b12-3-. The van der Waals surface area contributed by atoms with E-state index < -0.39 is 0 Å². The van der Waals surface area contributed by atoms with Gasteiger partial charge in [0.1, 0.15) is 16.7 Å². The molecule has 0 atom stereocenters. The van der Waals surface area contributed by atoms with Gasteiger partial charge in [0.15, 0.2) is 5.82 Å². The van der Waals surface area contributed by atoms with Gasteiger partial charge < -0.3 is 13.4 Å². The molecule has 0 spiro atoms. The predicted molar refractivity (Wildman–Crippen MR) is 189 cm³/mol. The SMILES string of the molecule is C=Cc1c(/C=C\C)c2cc3oc4ccccc4c3cc2n1-c1ccc(-c2nc(-c3ccccc3)nc3oc4ccccc4c23)cc1. The van der Waals surface area contributed by atoms with Crippen LogP contribution in [0.4, 0.5) is 0 Å². The highest BCUT2D eigenvalue weighted by Gasteiger charge is 2.20. The Kier molecular flexibility index (Phi) is 5.80. The maximum absolute atomic E-state index is 6.27. The van der Waals surface area contributed by atoms with Gasteiger partial charge in [0.25, 0.3) is 0 Å². The van der Waals surface area contributed by atoms with Crippen LogP contribution in [0.1, 0.15) is 18.2 Å². The molecule has 9 aromatic rings. The molecule has 0 amide bonds. The molecular formula is C41H27N3O2. The monoisotopic (exact) mass is 593 g/mol. The summed E-state index contributed by atoms with van der Waals surface area (Å²) in [6, 6.07) is 39.2. The summed E-state index contributed by atoms with van der Waals surface area (Å²) in [4.78, 5) is 9.97. The number of nitrogens with zero attached hydrogens (tertiary/aromatic N) is 3. The van der Waals surface area contributed by atoms with E-state index in [4.69, 9.17) is 18.8 Å². The predicted octanol–water partition coefficient (Wildman–Crippen LogP) is 11.2. The molecule has 5 nitrogen and oxygen atoms in total. The third-order valence-electron chi connectivity index (χ3n) is 8.74. The molecular weight excluding hydrogens is 566 g/mol. The van der Waals surface area contributed by atoms with Crippen LogP contribution in [0.3, 0.4) is 0 Å². The van der Waals surface area contributed by atoms with Crippen LogP contribution in [-0.2, 0) is 0 Å². The van der Waals surface area contributed by atoms with Crippen LogP contribution in [0, 0.1) is 0 Å². The van der Waals surface area contributed by atoms with Crippen LogP contribution < -0.4 is 0 Å². The van der Waals surface area contributed by atoms with Crippen LogP contribution in [0.25, 0.3) is 95.4 Å². The maximum Gasteiger partial charge on any atom is 0.231 e. The van der Waals surface area contributed by atoms with E-state index in [1.54, 1.807) is 0 Å². The topological polar surface area (TPSA) is 57.0 Å². The number of fused-ring (bicyclic) bond motifs is 7. The largest absolute Gasteiger partial charge is 0.456 e. The van der Waals surface area contributed by atoms with E-state index in [9.17, 15) is 0 Å². The van der Waals surface area contributed by atoms with Crippen molar-refractivity contribution in [2.45, 2.75) is 6.92 Å². The van der Waals surface area contributed by atoms with Gasteiger partial charge in [0.2, 0.25) is 5.71 Å². The van der Waals surface area contributed by atoms with Crippen molar-refractivity contribution in [3.05, 3.63) is 139 Å². The number of furan rings is 2. The van der Waals surface area contributed by atoms with Crippen LogP contribution in [0.2, 0.25) is 0 Å². The fourth-order valence-corrected chi connectivity index (χ4v) is 6.69. The van der Waals surface area contributed by atoms with Gasteiger partial charge >= 0.3 is 0 Å². The average Bonchev–Trinajstić information content (AvgIpc) is 3.76. The lowest BCUT2D eigenvalue weighted by Crippen LogP contribution is -1.98. The minimum absolute atomic E-state index is 0.576. The van der Waals surface area contributed by atoms with Crippen LogP contribution in [0.15, 0.2) is 137 Å². The van der Waals surface area contributed by atoms with Crippen LogP contribution in [-0.4, -0.2) is 14.5 Å². The van der Waals surface area contributed by atoms with Crippen molar-refractivity contribution < 1.29 is 8.83 Å². The van der Waals surface area contributed by atoms with Gasteiger partial charge in [0, 0.05) is 43.9 Å². The number of aromatic nitrogens is 3. The summed E-state index contributed by atoms with van der Waals surface area (Å²) in [7, 11) is 0. The Hall–Kier alpha value is -6.20. The van der Waals surface area contributed by atoms with Gasteiger partial charge in [-0.2, -0.15) is 4.98 Å². The molecule has 5 aromatic carbocycles. The first-order valence-electron chi connectivity index (χ1n) is 15.3. The molecule has 0 saturated heterocycles. The van der Waals surface area contributed by atoms with Gasteiger partial charge in [0.05, 0.1) is 22.3 Å². The Morgan fingerprint density at radius 2 is 1.37 bits per heavy atom. The zero-order chi connectivity index (χ0) is 30.8. The first kappa shape index (κ1) is 26.2. The molecule has 0 radical (unpaired) electrons. The van der Waals surface area contributed by atoms with Gasteiger partial charge in [-0.1, -0.05) is 97.6 Å². The molecule has 0 bridgehead atoms. The lowest BCUT2D eigenvalue weighted by molar-refractivity contribution is 0.653. The molecule has 4 heterocycles. The number of rotatable bonds is 5. The van der Waals surface area contributed by atoms with Crippen molar-refractivity contribution in [2.75, 3.05) is 0 Å². The van der Waals surface area contributed by atoms with E-state index in [2.05, 4.69) is 77.9 Å². The Morgan fingerprint density at radius 1 is 0.652 bits per heavy atom. The van der Waals surface area contributed by atoms with Gasteiger partial charge in [-0.3, -0.25) is 0 Å².